The summed E-state index contributed by atoms with van der Waals surface area (Å²) in [6.07, 6.45) is 1.21. The Morgan fingerprint density at radius 1 is 1.46 bits per heavy atom. The highest BCUT2D eigenvalue weighted by Crippen LogP contribution is 2.27. The zero-order valence-corrected chi connectivity index (χ0v) is 9.41. The van der Waals surface area contributed by atoms with E-state index in [-0.39, 0.29) is 0 Å². The molecule has 0 saturated carbocycles. The maximum Gasteiger partial charge on any atom is 0.128 e. The lowest BCUT2D eigenvalue weighted by atomic mass is 9.99. The molecule has 0 amide bonds. The summed E-state index contributed by atoms with van der Waals surface area (Å²) in [5, 5.41) is 12.7. The number of phenols is 1. The smallest absolute Gasteiger partial charge is 0.128 e. The number of hydrogen-bond acceptors (Lipinski definition) is 2. The number of phenolic OH excluding ortho intramolecular Hbond substituents is 1. The van der Waals surface area contributed by atoms with E-state index in [9.17, 15) is 5.11 Å². The molecule has 1 unspecified atom stereocenters. The first kappa shape index (κ1) is 9.27. The topological polar surface area (TPSA) is 32.3 Å². The molecule has 0 aliphatic carbocycles. The van der Waals surface area contributed by atoms with Crippen LogP contribution in [0.5, 0.6) is 5.75 Å². The SMILES string of the molecule is Oc1ccc(C2CCNC2)cc1I. The number of nitrogens with one attached hydrogen (secondary N) is 1. The van der Waals surface area contributed by atoms with Crippen LogP contribution in [0.1, 0.15) is 17.9 Å². The van der Waals surface area contributed by atoms with E-state index in [0.29, 0.717) is 11.7 Å². The van der Waals surface area contributed by atoms with Crippen LogP contribution in [0.2, 0.25) is 0 Å². The van der Waals surface area contributed by atoms with Crippen molar-refractivity contribution in [2.45, 2.75) is 12.3 Å². The molecular formula is C10H12INO. The Morgan fingerprint density at radius 2 is 2.31 bits per heavy atom. The molecule has 2 nitrogen and oxygen atoms in total. The van der Waals surface area contributed by atoms with E-state index in [1.54, 1.807) is 6.07 Å². The van der Waals surface area contributed by atoms with Gasteiger partial charge >= 0.3 is 0 Å². The molecule has 1 aromatic carbocycles. The largest absolute Gasteiger partial charge is 0.507 e. The van der Waals surface area contributed by atoms with Gasteiger partial charge in [-0.05, 0) is 59.2 Å². The Kier molecular flexibility index (Phi) is 2.74. The van der Waals surface area contributed by atoms with Gasteiger partial charge in [0, 0.05) is 6.54 Å². The molecule has 1 aliphatic rings. The standard InChI is InChI=1S/C10H12INO/c11-9-5-7(1-2-10(9)13)8-3-4-12-6-8/h1-2,5,8,12-13H,3-4,6H2. The van der Waals surface area contributed by atoms with Crippen LogP contribution in [-0.4, -0.2) is 18.2 Å². The molecule has 3 heteroatoms. The van der Waals surface area contributed by atoms with Gasteiger partial charge in [-0.1, -0.05) is 6.07 Å². The van der Waals surface area contributed by atoms with Crippen LogP contribution in [-0.2, 0) is 0 Å². The third-order valence-electron chi connectivity index (χ3n) is 2.50. The molecule has 1 fully saturated rings. The average Bonchev–Trinajstić information content (AvgIpc) is 2.62. The number of benzene rings is 1. The Morgan fingerprint density at radius 3 is 2.92 bits per heavy atom. The summed E-state index contributed by atoms with van der Waals surface area (Å²) in [5.41, 5.74) is 1.34. The molecule has 0 bridgehead atoms. The van der Waals surface area contributed by atoms with Gasteiger partial charge in [0.2, 0.25) is 0 Å². The van der Waals surface area contributed by atoms with Crippen LogP contribution in [0.3, 0.4) is 0 Å². The van der Waals surface area contributed by atoms with Crippen molar-refractivity contribution in [3.63, 3.8) is 0 Å². The van der Waals surface area contributed by atoms with E-state index in [0.717, 1.165) is 16.7 Å². The molecular weight excluding hydrogens is 277 g/mol. The molecule has 1 saturated heterocycles. The van der Waals surface area contributed by atoms with E-state index >= 15 is 0 Å². The molecule has 1 heterocycles. The Bertz CT molecular complexity index is 308. The van der Waals surface area contributed by atoms with Crippen LogP contribution in [0.25, 0.3) is 0 Å². The predicted molar refractivity (Wildman–Crippen MR) is 61.1 cm³/mol. The molecule has 2 rings (SSSR count). The lowest BCUT2D eigenvalue weighted by Gasteiger charge is -2.09. The van der Waals surface area contributed by atoms with Gasteiger partial charge in [0.1, 0.15) is 5.75 Å². The van der Waals surface area contributed by atoms with Crippen molar-refractivity contribution in [2.75, 3.05) is 13.1 Å². The second-order valence-corrected chi connectivity index (χ2v) is 4.56. The van der Waals surface area contributed by atoms with Crippen molar-refractivity contribution in [3.8, 4) is 5.75 Å². The third-order valence-corrected chi connectivity index (χ3v) is 3.37. The zero-order valence-electron chi connectivity index (χ0n) is 7.26. The molecule has 1 atom stereocenters. The fraction of sp³-hybridized carbons (Fsp3) is 0.400. The first-order valence-corrected chi connectivity index (χ1v) is 5.54. The van der Waals surface area contributed by atoms with Gasteiger partial charge in [0.15, 0.2) is 0 Å². The van der Waals surface area contributed by atoms with Crippen molar-refractivity contribution < 1.29 is 5.11 Å². The summed E-state index contributed by atoms with van der Waals surface area (Å²) in [7, 11) is 0. The van der Waals surface area contributed by atoms with E-state index in [1.165, 1.54) is 12.0 Å². The normalized spacial score (nSPS) is 22.1. The van der Waals surface area contributed by atoms with Gasteiger partial charge in [-0.2, -0.15) is 0 Å². The van der Waals surface area contributed by atoms with Crippen molar-refractivity contribution in [2.24, 2.45) is 0 Å². The van der Waals surface area contributed by atoms with Gasteiger partial charge in [0.05, 0.1) is 3.57 Å². The van der Waals surface area contributed by atoms with E-state index in [2.05, 4.69) is 34.0 Å². The first-order chi connectivity index (χ1) is 6.27. The second kappa shape index (κ2) is 3.84. The Hall–Kier alpha value is -0.290. The van der Waals surface area contributed by atoms with Crippen LogP contribution in [0.4, 0.5) is 0 Å². The highest BCUT2D eigenvalue weighted by Gasteiger charge is 2.16. The van der Waals surface area contributed by atoms with E-state index in [1.807, 2.05) is 6.07 Å². The number of halogens is 1. The molecule has 1 aliphatic heterocycles. The molecule has 70 valence electrons. The van der Waals surface area contributed by atoms with Gasteiger partial charge in [-0.25, -0.2) is 0 Å². The van der Waals surface area contributed by atoms with Gasteiger partial charge in [-0.15, -0.1) is 0 Å². The number of rotatable bonds is 1. The molecule has 2 N–H and O–H groups in total. The summed E-state index contributed by atoms with van der Waals surface area (Å²) >= 11 is 2.17. The van der Waals surface area contributed by atoms with Crippen molar-refractivity contribution in [1.29, 1.82) is 0 Å². The van der Waals surface area contributed by atoms with Gasteiger partial charge in [-0.3, -0.25) is 0 Å². The maximum atomic E-state index is 9.36. The number of hydrogen-bond donors (Lipinski definition) is 2. The summed E-state index contributed by atoms with van der Waals surface area (Å²) < 4.78 is 0.946. The third kappa shape index (κ3) is 1.96. The lowest BCUT2D eigenvalue weighted by Crippen LogP contribution is -2.07. The van der Waals surface area contributed by atoms with Gasteiger partial charge < -0.3 is 10.4 Å². The summed E-state index contributed by atoms with van der Waals surface area (Å²) in [6.45, 7) is 2.18. The molecule has 0 radical (unpaired) electrons. The predicted octanol–water partition coefficient (Wildman–Crippen LogP) is 2.07. The van der Waals surface area contributed by atoms with Crippen molar-refractivity contribution in [3.05, 3.63) is 27.3 Å². The Labute approximate surface area is 91.5 Å². The Balaban J connectivity index is 2.25. The zero-order chi connectivity index (χ0) is 9.26. The molecule has 0 spiro atoms. The maximum absolute atomic E-state index is 9.36. The van der Waals surface area contributed by atoms with E-state index in [4.69, 9.17) is 0 Å². The van der Waals surface area contributed by atoms with Gasteiger partial charge in [0.25, 0.3) is 0 Å². The first-order valence-electron chi connectivity index (χ1n) is 4.46. The fourth-order valence-electron chi connectivity index (χ4n) is 1.72. The summed E-state index contributed by atoms with van der Waals surface area (Å²) in [4.78, 5) is 0. The van der Waals surface area contributed by atoms with Crippen LogP contribution in [0.15, 0.2) is 18.2 Å². The summed E-state index contributed by atoms with van der Waals surface area (Å²) in [5.74, 6) is 1.02. The monoisotopic (exact) mass is 289 g/mol. The average molecular weight is 289 g/mol. The minimum absolute atomic E-state index is 0.385. The minimum atomic E-state index is 0.385. The van der Waals surface area contributed by atoms with Crippen molar-refractivity contribution in [1.82, 2.24) is 5.32 Å². The quantitative estimate of drug-likeness (QED) is 0.776. The molecule has 13 heavy (non-hydrogen) atoms. The highest BCUT2D eigenvalue weighted by molar-refractivity contribution is 14.1. The highest BCUT2D eigenvalue weighted by atomic mass is 127. The van der Waals surface area contributed by atoms with Crippen molar-refractivity contribution >= 4 is 22.6 Å². The lowest BCUT2D eigenvalue weighted by molar-refractivity contribution is 0.471. The van der Waals surface area contributed by atoms with Crippen LogP contribution in [0, 0.1) is 3.57 Å². The second-order valence-electron chi connectivity index (χ2n) is 3.40. The number of aromatic hydroxyl groups is 1. The minimum Gasteiger partial charge on any atom is -0.507 e. The molecule has 1 aromatic rings. The molecule has 0 aromatic heterocycles. The van der Waals surface area contributed by atoms with Crippen LogP contribution >= 0.6 is 22.6 Å². The summed E-state index contributed by atoms with van der Waals surface area (Å²) in [6, 6.07) is 5.89. The van der Waals surface area contributed by atoms with E-state index < -0.39 is 0 Å². The van der Waals surface area contributed by atoms with Crippen LogP contribution < -0.4 is 5.32 Å². The fourth-order valence-corrected chi connectivity index (χ4v) is 2.26.